The predicted molar refractivity (Wildman–Crippen MR) is 64.9 cm³/mol. The standard InChI is InChI=1S/C11H18N4O3/c1-6(2)8(10(16)17)15-11(18)14-7(3)9-12-4-5-13-9/h4-8H,1-3H3,(H,12,13)(H,16,17)(H2,14,15,18)/t7?,8-/m0/s1. The number of carbonyl (C=O) groups excluding carboxylic acids is 1. The van der Waals surface area contributed by atoms with E-state index in [0.29, 0.717) is 5.82 Å². The minimum atomic E-state index is -1.05. The molecule has 0 spiro atoms. The fourth-order valence-corrected chi connectivity index (χ4v) is 1.48. The van der Waals surface area contributed by atoms with Crippen molar-refractivity contribution in [2.24, 2.45) is 5.92 Å². The maximum atomic E-state index is 11.6. The van der Waals surface area contributed by atoms with Crippen LogP contribution in [0.4, 0.5) is 4.79 Å². The lowest BCUT2D eigenvalue weighted by molar-refractivity contribution is -0.140. The van der Waals surface area contributed by atoms with Crippen LogP contribution < -0.4 is 10.6 Å². The van der Waals surface area contributed by atoms with Crippen LogP contribution in [0.1, 0.15) is 32.6 Å². The van der Waals surface area contributed by atoms with Crippen LogP contribution >= 0.6 is 0 Å². The number of nitrogens with zero attached hydrogens (tertiary/aromatic N) is 1. The molecule has 0 radical (unpaired) electrons. The predicted octanol–water partition coefficient (Wildman–Crippen LogP) is 0.879. The van der Waals surface area contributed by atoms with E-state index in [2.05, 4.69) is 20.6 Å². The number of H-pyrrole nitrogens is 1. The van der Waals surface area contributed by atoms with E-state index in [9.17, 15) is 9.59 Å². The number of urea groups is 1. The van der Waals surface area contributed by atoms with Crippen LogP contribution in [0.5, 0.6) is 0 Å². The SMILES string of the molecule is CC(NC(=O)N[C@H](C(=O)O)C(C)C)c1ncc[nH]1. The number of rotatable bonds is 5. The number of nitrogens with one attached hydrogen (secondary N) is 3. The van der Waals surface area contributed by atoms with E-state index in [-0.39, 0.29) is 12.0 Å². The van der Waals surface area contributed by atoms with Gasteiger partial charge >= 0.3 is 12.0 Å². The molecule has 4 N–H and O–H groups in total. The summed E-state index contributed by atoms with van der Waals surface area (Å²) in [6, 6.07) is -1.75. The molecule has 1 unspecified atom stereocenters. The number of hydrogen-bond donors (Lipinski definition) is 4. The van der Waals surface area contributed by atoms with Gasteiger partial charge < -0.3 is 20.7 Å². The van der Waals surface area contributed by atoms with Crippen molar-refractivity contribution >= 4 is 12.0 Å². The second-order valence-corrected chi connectivity index (χ2v) is 4.37. The lowest BCUT2D eigenvalue weighted by atomic mass is 10.1. The molecule has 0 fully saturated rings. The van der Waals surface area contributed by atoms with Gasteiger partial charge in [0.1, 0.15) is 11.9 Å². The topological polar surface area (TPSA) is 107 Å². The van der Waals surface area contributed by atoms with E-state index in [1.54, 1.807) is 33.2 Å². The Hall–Kier alpha value is -2.05. The van der Waals surface area contributed by atoms with Crippen molar-refractivity contribution in [2.75, 3.05) is 0 Å². The van der Waals surface area contributed by atoms with Crippen molar-refractivity contribution in [3.63, 3.8) is 0 Å². The number of carboxylic acid groups (broad SMARTS) is 1. The normalized spacial score (nSPS) is 14.0. The summed E-state index contributed by atoms with van der Waals surface area (Å²) in [5.41, 5.74) is 0. The van der Waals surface area contributed by atoms with Crippen LogP contribution in [0.3, 0.4) is 0 Å². The molecule has 0 aliphatic carbocycles. The Morgan fingerprint density at radius 2 is 2.00 bits per heavy atom. The van der Waals surface area contributed by atoms with Crippen LogP contribution in [0.25, 0.3) is 0 Å². The second-order valence-electron chi connectivity index (χ2n) is 4.37. The maximum Gasteiger partial charge on any atom is 0.326 e. The highest BCUT2D eigenvalue weighted by molar-refractivity contribution is 5.82. The lowest BCUT2D eigenvalue weighted by Crippen LogP contribution is -2.49. The average molecular weight is 254 g/mol. The first-order valence-corrected chi connectivity index (χ1v) is 5.71. The second kappa shape index (κ2) is 6.04. The van der Waals surface area contributed by atoms with Crippen LogP contribution in [0.15, 0.2) is 12.4 Å². The zero-order chi connectivity index (χ0) is 13.7. The summed E-state index contributed by atoms with van der Waals surface area (Å²) in [6.07, 6.45) is 3.24. The van der Waals surface area contributed by atoms with Crippen LogP contribution in [0, 0.1) is 5.92 Å². The smallest absolute Gasteiger partial charge is 0.326 e. The molecule has 2 atom stereocenters. The van der Waals surface area contributed by atoms with E-state index in [1.807, 2.05) is 0 Å². The molecule has 7 nitrogen and oxygen atoms in total. The summed E-state index contributed by atoms with van der Waals surface area (Å²) >= 11 is 0. The van der Waals surface area contributed by atoms with Crippen molar-refractivity contribution < 1.29 is 14.7 Å². The van der Waals surface area contributed by atoms with Gasteiger partial charge in [0.2, 0.25) is 0 Å². The molecule has 1 aromatic heterocycles. The van der Waals surface area contributed by atoms with Crippen molar-refractivity contribution in [3.05, 3.63) is 18.2 Å². The summed E-state index contributed by atoms with van der Waals surface area (Å²) in [6.45, 7) is 5.22. The molecule has 18 heavy (non-hydrogen) atoms. The minimum absolute atomic E-state index is 0.188. The van der Waals surface area contributed by atoms with Gasteiger partial charge in [-0.05, 0) is 12.8 Å². The van der Waals surface area contributed by atoms with Gasteiger partial charge in [-0.2, -0.15) is 0 Å². The maximum absolute atomic E-state index is 11.6. The van der Waals surface area contributed by atoms with Gasteiger partial charge in [-0.15, -0.1) is 0 Å². The van der Waals surface area contributed by atoms with Gasteiger partial charge in [-0.25, -0.2) is 14.6 Å². The lowest BCUT2D eigenvalue weighted by Gasteiger charge is -2.19. The van der Waals surface area contributed by atoms with E-state index < -0.39 is 18.0 Å². The third-order valence-electron chi connectivity index (χ3n) is 2.50. The monoisotopic (exact) mass is 254 g/mol. The fourth-order valence-electron chi connectivity index (χ4n) is 1.48. The first-order valence-electron chi connectivity index (χ1n) is 5.71. The third kappa shape index (κ3) is 3.76. The number of hydrogen-bond acceptors (Lipinski definition) is 3. The molecule has 1 rings (SSSR count). The zero-order valence-corrected chi connectivity index (χ0v) is 10.6. The molecule has 0 saturated carbocycles. The van der Waals surface area contributed by atoms with Gasteiger partial charge in [0.05, 0.1) is 6.04 Å². The van der Waals surface area contributed by atoms with E-state index in [0.717, 1.165) is 0 Å². The molecule has 2 amide bonds. The Balaban J connectivity index is 2.53. The molecule has 0 aromatic carbocycles. The van der Waals surface area contributed by atoms with Gasteiger partial charge in [-0.1, -0.05) is 13.8 Å². The average Bonchev–Trinajstić information content (AvgIpc) is 2.78. The third-order valence-corrected chi connectivity index (χ3v) is 2.50. The zero-order valence-electron chi connectivity index (χ0n) is 10.6. The fraction of sp³-hybridized carbons (Fsp3) is 0.545. The highest BCUT2D eigenvalue weighted by Crippen LogP contribution is 2.06. The Labute approximate surface area is 105 Å². The molecular weight excluding hydrogens is 236 g/mol. The molecule has 1 heterocycles. The molecule has 100 valence electrons. The Morgan fingerprint density at radius 3 is 2.44 bits per heavy atom. The van der Waals surface area contributed by atoms with E-state index in [4.69, 9.17) is 5.11 Å². The van der Waals surface area contributed by atoms with Crippen molar-refractivity contribution in [3.8, 4) is 0 Å². The van der Waals surface area contributed by atoms with Crippen molar-refractivity contribution in [1.29, 1.82) is 0 Å². The molecule has 1 aromatic rings. The van der Waals surface area contributed by atoms with Gasteiger partial charge in [-0.3, -0.25) is 0 Å². The molecule has 0 saturated heterocycles. The number of carbonyl (C=O) groups is 2. The first kappa shape index (κ1) is 14.0. The van der Waals surface area contributed by atoms with E-state index >= 15 is 0 Å². The summed E-state index contributed by atoms with van der Waals surface area (Å²) in [5, 5.41) is 14.0. The number of amides is 2. The Kier molecular flexibility index (Phi) is 4.70. The van der Waals surface area contributed by atoms with Gasteiger partial charge in [0.25, 0.3) is 0 Å². The highest BCUT2D eigenvalue weighted by atomic mass is 16.4. The molecule has 7 heteroatoms. The largest absolute Gasteiger partial charge is 0.480 e. The first-order chi connectivity index (χ1) is 8.41. The Bertz CT molecular complexity index is 402. The van der Waals surface area contributed by atoms with Crippen molar-refractivity contribution in [1.82, 2.24) is 20.6 Å². The van der Waals surface area contributed by atoms with Crippen LogP contribution in [-0.4, -0.2) is 33.1 Å². The van der Waals surface area contributed by atoms with Crippen LogP contribution in [-0.2, 0) is 4.79 Å². The number of imidazole rings is 1. The molecule has 0 bridgehead atoms. The minimum Gasteiger partial charge on any atom is -0.480 e. The molecule has 0 aliphatic heterocycles. The summed E-state index contributed by atoms with van der Waals surface area (Å²) < 4.78 is 0. The molecular formula is C11H18N4O3. The summed E-state index contributed by atoms with van der Waals surface area (Å²) in [7, 11) is 0. The van der Waals surface area contributed by atoms with Gasteiger partial charge in [0, 0.05) is 12.4 Å². The summed E-state index contributed by atoms with van der Waals surface area (Å²) in [5.74, 6) is -0.625. The number of aromatic nitrogens is 2. The number of aliphatic carboxylic acids is 1. The number of carboxylic acids is 1. The Morgan fingerprint density at radius 1 is 1.33 bits per heavy atom. The van der Waals surface area contributed by atoms with Gasteiger partial charge in [0.15, 0.2) is 0 Å². The number of aromatic amines is 1. The van der Waals surface area contributed by atoms with Crippen molar-refractivity contribution in [2.45, 2.75) is 32.9 Å². The van der Waals surface area contributed by atoms with Crippen LogP contribution in [0.2, 0.25) is 0 Å². The summed E-state index contributed by atoms with van der Waals surface area (Å²) in [4.78, 5) is 29.4. The quantitative estimate of drug-likeness (QED) is 0.625. The van der Waals surface area contributed by atoms with E-state index in [1.165, 1.54) is 0 Å². The molecule has 0 aliphatic rings. The highest BCUT2D eigenvalue weighted by Gasteiger charge is 2.24.